The average Bonchev–Trinajstić information content (AvgIpc) is 2.61. The summed E-state index contributed by atoms with van der Waals surface area (Å²) in [5, 5.41) is 1.00. The largest absolute Gasteiger partial charge is 0.493 e. The summed E-state index contributed by atoms with van der Waals surface area (Å²) in [4.78, 5) is 19.0. The molecule has 1 amide bonds. The number of ether oxygens (including phenoxy) is 2. The van der Waals surface area contributed by atoms with Gasteiger partial charge in [0.1, 0.15) is 5.52 Å². The molecule has 2 heterocycles. The lowest BCUT2D eigenvalue weighted by atomic mass is 9.97. The van der Waals surface area contributed by atoms with Crippen LogP contribution >= 0.6 is 0 Å². The number of aromatic nitrogens is 1. The third-order valence-corrected chi connectivity index (χ3v) is 4.61. The fourth-order valence-electron chi connectivity index (χ4n) is 3.40. The number of nitrogens with zero attached hydrogens (tertiary/aromatic N) is 2. The van der Waals surface area contributed by atoms with Crippen LogP contribution in [0.4, 0.5) is 5.69 Å². The van der Waals surface area contributed by atoms with Crippen molar-refractivity contribution in [3.63, 3.8) is 0 Å². The molecule has 2 aromatic rings. The number of rotatable bonds is 6. The normalized spacial score (nSPS) is 13.2. The van der Waals surface area contributed by atoms with E-state index in [1.54, 1.807) is 20.4 Å². The Morgan fingerprint density at radius 3 is 2.83 bits per heavy atom. The highest BCUT2D eigenvalue weighted by Gasteiger charge is 2.26. The van der Waals surface area contributed by atoms with E-state index in [9.17, 15) is 4.79 Å². The van der Waals surface area contributed by atoms with E-state index in [4.69, 9.17) is 9.47 Å². The fraction of sp³-hybridized carbons (Fsp3) is 0.474. The predicted molar refractivity (Wildman–Crippen MR) is 95.0 cm³/mol. The molecule has 5 nitrogen and oxygen atoms in total. The lowest BCUT2D eigenvalue weighted by Crippen LogP contribution is -2.35. The van der Waals surface area contributed by atoms with Crippen molar-refractivity contribution in [3.05, 3.63) is 23.9 Å². The van der Waals surface area contributed by atoms with Crippen molar-refractivity contribution in [3.8, 4) is 11.5 Å². The van der Waals surface area contributed by atoms with Crippen LogP contribution in [0.5, 0.6) is 11.5 Å². The highest BCUT2D eigenvalue weighted by Crippen LogP contribution is 2.42. The fourth-order valence-corrected chi connectivity index (χ4v) is 3.40. The zero-order valence-corrected chi connectivity index (χ0v) is 14.6. The topological polar surface area (TPSA) is 51.7 Å². The molecule has 0 saturated heterocycles. The van der Waals surface area contributed by atoms with E-state index >= 15 is 0 Å². The molecule has 0 fully saturated rings. The number of amides is 1. The first-order chi connectivity index (χ1) is 11.7. The smallest absolute Gasteiger partial charge is 0.227 e. The van der Waals surface area contributed by atoms with Crippen LogP contribution in [-0.2, 0) is 11.2 Å². The maximum Gasteiger partial charge on any atom is 0.227 e. The van der Waals surface area contributed by atoms with E-state index in [-0.39, 0.29) is 5.91 Å². The summed E-state index contributed by atoms with van der Waals surface area (Å²) in [7, 11) is 3.25. The Bertz CT molecular complexity index is 758. The molecule has 1 aromatic heterocycles. The van der Waals surface area contributed by atoms with Crippen molar-refractivity contribution in [1.29, 1.82) is 0 Å². The van der Waals surface area contributed by atoms with Crippen molar-refractivity contribution in [2.75, 3.05) is 25.7 Å². The van der Waals surface area contributed by atoms with Crippen molar-refractivity contribution >= 4 is 22.5 Å². The molecule has 0 aliphatic carbocycles. The number of hydrogen-bond donors (Lipinski definition) is 0. The van der Waals surface area contributed by atoms with Gasteiger partial charge >= 0.3 is 0 Å². The monoisotopic (exact) mass is 328 g/mol. The van der Waals surface area contributed by atoms with E-state index < -0.39 is 0 Å². The minimum Gasteiger partial charge on any atom is -0.493 e. The quantitative estimate of drug-likeness (QED) is 0.758. The zero-order valence-electron chi connectivity index (χ0n) is 14.6. The third kappa shape index (κ3) is 2.79. The molecule has 0 unspecified atom stereocenters. The number of carbonyl (C=O) groups is 1. The van der Waals surface area contributed by atoms with Crippen molar-refractivity contribution in [1.82, 2.24) is 4.98 Å². The number of anilines is 1. The first-order valence-corrected chi connectivity index (χ1v) is 8.54. The first-order valence-electron chi connectivity index (χ1n) is 8.54. The van der Waals surface area contributed by atoms with Gasteiger partial charge < -0.3 is 14.4 Å². The molecule has 0 radical (unpaired) electrons. The first kappa shape index (κ1) is 16.6. The molecular formula is C19H24N2O3. The summed E-state index contributed by atoms with van der Waals surface area (Å²) in [5.41, 5.74) is 2.85. The second-order valence-corrected chi connectivity index (χ2v) is 6.08. The molecule has 5 heteroatoms. The van der Waals surface area contributed by atoms with Crippen LogP contribution in [0.25, 0.3) is 10.9 Å². The minimum atomic E-state index is 0.191. The maximum atomic E-state index is 12.6. The number of methoxy groups -OCH3 is 2. The Morgan fingerprint density at radius 2 is 2.12 bits per heavy atom. The van der Waals surface area contributed by atoms with Gasteiger partial charge in [-0.2, -0.15) is 0 Å². The molecule has 1 aliphatic heterocycles. The number of carbonyl (C=O) groups excluding carboxylic acids is 1. The summed E-state index contributed by atoms with van der Waals surface area (Å²) in [6.07, 6.45) is 6.29. The highest BCUT2D eigenvalue weighted by molar-refractivity contribution is 6.07. The Balaban J connectivity index is 2.05. The molecule has 0 N–H and O–H groups in total. The molecule has 0 spiro atoms. The third-order valence-electron chi connectivity index (χ3n) is 4.61. The standard InChI is InChI=1S/C19H24N2O3/c1-4-5-6-7-16(22)21-11-9-13-12-15(23-2)19(24-3)18-17(13)14(21)8-10-20-18/h8,10,12H,4-7,9,11H2,1-3H3. The molecule has 0 atom stereocenters. The second kappa shape index (κ2) is 7.07. The van der Waals surface area contributed by atoms with Crippen LogP contribution in [0.15, 0.2) is 18.3 Å². The van der Waals surface area contributed by atoms with E-state index in [0.717, 1.165) is 47.8 Å². The van der Waals surface area contributed by atoms with Gasteiger partial charge in [-0.1, -0.05) is 19.8 Å². The van der Waals surface area contributed by atoms with Gasteiger partial charge in [0.05, 0.1) is 19.9 Å². The van der Waals surface area contributed by atoms with Crippen LogP contribution in [0, 0.1) is 0 Å². The van der Waals surface area contributed by atoms with Gasteiger partial charge in [0.15, 0.2) is 11.5 Å². The van der Waals surface area contributed by atoms with Gasteiger partial charge in [0.25, 0.3) is 0 Å². The molecule has 1 aromatic carbocycles. The van der Waals surface area contributed by atoms with Crippen LogP contribution < -0.4 is 14.4 Å². The summed E-state index contributed by atoms with van der Waals surface area (Å²) >= 11 is 0. The van der Waals surface area contributed by atoms with Gasteiger partial charge in [-0.3, -0.25) is 9.78 Å². The Hall–Kier alpha value is -2.30. The van der Waals surface area contributed by atoms with E-state index in [2.05, 4.69) is 11.9 Å². The molecular weight excluding hydrogens is 304 g/mol. The molecule has 1 aliphatic rings. The molecule has 0 saturated carbocycles. The van der Waals surface area contributed by atoms with Crippen LogP contribution in [0.1, 0.15) is 38.2 Å². The Labute approximate surface area is 142 Å². The second-order valence-electron chi connectivity index (χ2n) is 6.08. The Morgan fingerprint density at radius 1 is 1.29 bits per heavy atom. The molecule has 24 heavy (non-hydrogen) atoms. The van der Waals surface area contributed by atoms with Crippen LogP contribution in [0.3, 0.4) is 0 Å². The summed E-state index contributed by atoms with van der Waals surface area (Å²) in [5.74, 6) is 1.50. The lowest BCUT2D eigenvalue weighted by molar-refractivity contribution is -0.118. The molecule has 128 valence electrons. The van der Waals surface area contributed by atoms with E-state index in [0.29, 0.717) is 24.5 Å². The summed E-state index contributed by atoms with van der Waals surface area (Å²) in [6.45, 7) is 2.85. The van der Waals surface area contributed by atoms with E-state index in [1.807, 2.05) is 17.0 Å². The van der Waals surface area contributed by atoms with Crippen molar-refractivity contribution in [2.24, 2.45) is 0 Å². The average molecular weight is 328 g/mol. The predicted octanol–water partition coefficient (Wildman–Crippen LogP) is 3.72. The number of pyridine rings is 1. The van der Waals surface area contributed by atoms with Crippen molar-refractivity contribution < 1.29 is 14.3 Å². The SMILES string of the molecule is CCCCCC(=O)N1CCc2cc(OC)c(OC)c3nccc1c23. The number of hydrogen-bond acceptors (Lipinski definition) is 4. The molecule has 0 bridgehead atoms. The lowest BCUT2D eigenvalue weighted by Gasteiger charge is -2.30. The van der Waals surface area contributed by atoms with Crippen LogP contribution in [-0.4, -0.2) is 31.7 Å². The van der Waals surface area contributed by atoms with Gasteiger partial charge in [-0.05, 0) is 30.5 Å². The molecule has 3 rings (SSSR count). The van der Waals surface area contributed by atoms with E-state index in [1.165, 1.54) is 0 Å². The number of benzene rings is 1. The zero-order chi connectivity index (χ0) is 17.1. The van der Waals surface area contributed by atoms with Gasteiger partial charge in [0, 0.05) is 24.5 Å². The van der Waals surface area contributed by atoms with Gasteiger partial charge in [0.2, 0.25) is 5.91 Å². The highest BCUT2D eigenvalue weighted by atomic mass is 16.5. The van der Waals surface area contributed by atoms with Crippen LogP contribution in [0.2, 0.25) is 0 Å². The minimum absolute atomic E-state index is 0.191. The Kier molecular flexibility index (Phi) is 4.88. The summed E-state index contributed by atoms with van der Waals surface area (Å²) in [6, 6.07) is 3.93. The van der Waals surface area contributed by atoms with Gasteiger partial charge in [-0.15, -0.1) is 0 Å². The summed E-state index contributed by atoms with van der Waals surface area (Å²) < 4.78 is 11.0. The number of unbranched alkanes of at least 4 members (excludes halogenated alkanes) is 2. The maximum absolute atomic E-state index is 12.6. The van der Waals surface area contributed by atoms with Gasteiger partial charge in [-0.25, -0.2) is 0 Å². The van der Waals surface area contributed by atoms with Crippen molar-refractivity contribution in [2.45, 2.75) is 39.0 Å².